The van der Waals surface area contributed by atoms with Crippen molar-refractivity contribution < 1.29 is 4.74 Å². The van der Waals surface area contributed by atoms with Crippen molar-refractivity contribution in [2.75, 3.05) is 13.2 Å². The summed E-state index contributed by atoms with van der Waals surface area (Å²) < 4.78 is 7.75. The van der Waals surface area contributed by atoms with Crippen LogP contribution in [0.1, 0.15) is 51.1 Å². The molecule has 0 radical (unpaired) electrons. The molecule has 0 aliphatic carbocycles. The molecule has 1 heterocycles. The third kappa shape index (κ3) is 5.63. The van der Waals surface area contributed by atoms with Crippen LogP contribution in [0.4, 0.5) is 0 Å². The van der Waals surface area contributed by atoms with E-state index in [4.69, 9.17) is 4.74 Å². The Hall–Kier alpha value is -0.870. The Morgan fingerprint density at radius 1 is 1.15 bits per heavy atom. The monoisotopic (exact) mass is 281 g/mol. The quantitative estimate of drug-likeness (QED) is 0.707. The van der Waals surface area contributed by atoms with E-state index >= 15 is 0 Å². The van der Waals surface area contributed by atoms with Crippen molar-refractivity contribution in [2.24, 2.45) is 5.92 Å². The Bertz CT molecular complexity index is 397. The average Bonchev–Trinajstić information content (AvgIpc) is 2.61. The third-order valence-electron chi connectivity index (χ3n) is 3.51. The minimum atomic E-state index is 0.497. The first-order chi connectivity index (χ1) is 9.41. The van der Waals surface area contributed by atoms with Gasteiger partial charge in [0.25, 0.3) is 0 Å². The SMILES string of the molecule is Cc1nn(CCOCCC(C)C)c(C)c1CNC(C)C. The molecule has 0 aliphatic rings. The molecule has 20 heavy (non-hydrogen) atoms. The van der Waals surface area contributed by atoms with Gasteiger partial charge in [-0.3, -0.25) is 4.68 Å². The van der Waals surface area contributed by atoms with E-state index in [9.17, 15) is 0 Å². The van der Waals surface area contributed by atoms with Gasteiger partial charge in [0, 0.05) is 30.5 Å². The highest BCUT2D eigenvalue weighted by Gasteiger charge is 2.11. The molecule has 116 valence electrons. The van der Waals surface area contributed by atoms with Crippen molar-refractivity contribution in [3.8, 4) is 0 Å². The van der Waals surface area contributed by atoms with E-state index in [-0.39, 0.29) is 0 Å². The molecule has 0 saturated carbocycles. The molecule has 4 heteroatoms. The minimum absolute atomic E-state index is 0.497. The summed E-state index contributed by atoms with van der Waals surface area (Å²) in [6.07, 6.45) is 1.13. The molecule has 0 bridgehead atoms. The van der Waals surface area contributed by atoms with Crippen LogP contribution >= 0.6 is 0 Å². The second-order valence-electron chi connectivity index (χ2n) is 6.20. The van der Waals surface area contributed by atoms with Gasteiger partial charge in [0.1, 0.15) is 0 Å². The number of aromatic nitrogens is 2. The molecule has 0 atom stereocenters. The lowest BCUT2D eigenvalue weighted by Crippen LogP contribution is -2.22. The topological polar surface area (TPSA) is 39.1 Å². The van der Waals surface area contributed by atoms with Crippen molar-refractivity contribution in [2.45, 2.75) is 67.1 Å². The van der Waals surface area contributed by atoms with Crippen LogP contribution in [-0.4, -0.2) is 29.0 Å². The standard InChI is InChI=1S/C16H31N3O/c1-12(2)7-9-20-10-8-19-15(6)16(14(5)18-19)11-17-13(3)4/h12-13,17H,7-11H2,1-6H3. The lowest BCUT2D eigenvalue weighted by molar-refractivity contribution is 0.113. The number of nitrogens with one attached hydrogen (secondary N) is 1. The van der Waals surface area contributed by atoms with Crippen LogP contribution < -0.4 is 5.32 Å². The number of ether oxygens (including phenoxy) is 1. The molecule has 0 saturated heterocycles. The summed E-state index contributed by atoms with van der Waals surface area (Å²) in [5, 5.41) is 8.08. The number of hydrogen-bond acceptors (Lipinski definition) is 3. The molecule has 0 unspecified atom stereocenters. The van der Waals surface area contributed by atoms with E-state index in [0.29, 0.717) is 12.0 Å². The van der Waals surface area contributed by atoms with Gasteiger partial charge < -0.3 is 10.1 Å². The number of rotatable bonds is 9. The van der Waals surface area contributed by atoms with Crippen molar-refractivity contribution in [1.29, 1.82) is 0 Å². The molecule has 1 rings (SSSR count). The van der Waals surface area contributed by atoms with E-state index in [0.717, 1.165) is 38.4 Å². The third-order valence-corrected chi connectivity index (χ3v) is 3.51. The Morgan fingerprint density at radius 3 is 2.45 bits per heavy atom. The first-order valence-electron chi connectivity index (χ1n) is 7.75. The smallest absolute Gasteiger partial charge is 0.0662 e. The maximum Gasteiger partial charge on any atom is 0.0662 e. The molecule has 4 nitrogen and oxygen atoms in total. The second kappa shape index (κ2) is 8.42. The Morgan fingerprint density at radius 2 is 1.85 bits per heavy atom. The number of hydrogen-bond donors (Lipinski definition) is 1. The van der Waals surface area contributed by atoms with Crippen molar-refractivity contribution in [3.05, 3.63) is 17.0 Å². The zero-order valence-electron chi connectivity index (χ0n) is 14.0. The summed E-state index contributed by atoms with van der Waals surface area (Å²) in [7, 11) is 0. The predicted molar refractivity (Wildman–Crippen MR) is 84.0 cm³/mol. The van der Waals surface area contributed by atoms with Crippen LogP contribution in [0.2, 0.25) is 0 Å². The molecule has 1 aromatic heterocycles. The van der Waals surface area contributed by atoms with Gasteiger partial charge in [-0.1, -0.05) is 27.7 Å². The largest absolute Gasteiger partial charge is 0.380 e. The maximum atomic E-state index is 5.67. The van der Waals surface area contributed by atoms with Gasteiger partial charge in [-0.15, -0.1) is 0 Å². The molecule has 0 fully saturated rings. The number of aryl methyl sites for hydroxylation is 1. The highest BCUT2D eigenvalue weighted by Crippen LogP contribution is 2.13. The van der Waals surface area contributed by atoms with Crippen LogP contribution in [0.15, 0.2) is 0 Å². The molecule has 0 aromatic carbocycles. The fraction of sp³-hybridized carbons (Fsp3) is 0.812. The van der Waals surface area contributed by atoms with E-state index in [1.807, 2.05) is 0 Å². The van der Waals surface area contributed by atoms with E-state index in [1.165, 1.54) is 11.3 Å². The average molecular weight is 281 g/mol. The zero-order valence-corrected chi connectivity index (χ0v) is 14.0. The lowest BCUT2D eigenvalue weighted by atomic mass is 10.1. The summed E-state index contributed by atoms with van der Waals surface area (Å²) in [4.78, 5) is 0. The molecule has 0 aliphatic heterocycles. The Kier molecular flexibility index (Phi) is 7.24. The van der Waals surface area contributed by atoms with Gasteiger partial charge in [0.05, 0.1) is 18.8 Å². The van der Waals surface area contributed by atoms with Crippen LogP contribution in [0, 0.1) is 19.8 Å². The molecule has 1 aromatic rings. The van der Waals surface area contributed by atoms with Crippen LogP contribution in [0.3, 0.4) is 0 Å². The van der Waals surface area contributed by atoms with Crippen LogP contribution in [-0.2, 0) is 17.8 Å². The van der Waals surface area contributed by atoms with Crippen molar-refractivity contribution in [1.82, 2.24) is 15.1 Å². The Balaban J connectivity index is 2.44. The van der Waals surface area contributed by atoms with Crippen molar-refractivity contribution in [3.63, 3.8) is 0 Å². The zero-order chi connectivity index (χ0) is 15.1. The van der Waals surface area contributed by atoms with Gasteiger partial charge >= 0.3 is 0 Å². The van der Waals surface area contributed by atoms with Crippen LogP contribution in [0.5, 0.6) is 0 Å². The Labute approximate surface area is 123 Å². The fourth-order valence-corrected chi connectivity index (χ4v) is 2.09. The summed E-state index contributed by atoms with van der Waals surface area (Å²) >= 11 is 0. The van der Waals surface area contributed by atoms with E-state index < -0.39 is 0 Å². The second-order valence-corrected chi connectivity index (χ2v) is 6.20. The molecular formula is C16H31N3O. The van der Waals surface area contributed by atoms with Gasteiger partial charge in [-0.05, 0) is 26.2 Å². The normalized spacial score (nSPS) is 11.8. The van der Waals surface area contributed by atoms with Gasteiger partial charge in [-0.25, -0.2) is 0 Å². The minimum Gasteiger partial charge on any atom is -0.380 e. The van der Waals surface area contributed by atoms with Gasteiger partial charge in [0.2, 0.25) is 0 Å². The fourth-order valence-electron chi connectivity index (χ4n) is 2.09. The molecule has 0 amide bonds. The summed E-state index contributed by atoms with van der Waals surface area (Å²) in [6.45, 7) is 16.3. The van der Waals surface area contributed by atoms with E-state index in [1.54, 1.807) is 0 Å². The molecular weight excluding hydrogens is 250 g/mol. The molecule has 0 spiro atoms. The van der Waals surface area contributed by atoms with E-state index in [2.05, 4.69) is 56.6 Å². The highest BCUT2D eigenvalue weighted by atomic mass is 16.5. The first-order valence-corrected chi connectivity index (χ1v) is 7.75. The summed E-state index contributed by atoms with van der Waals surface area (Å²) in [5.74, 6) is 0.706. The molecule has 1 N–H and O–H groups in total. The predicted octanol–water partition coefficient (Wildman–Crippen LogP) is 3.06. The summed E-state index contributed by atoms with van der Waals surface area (Å²) in [5.41, 5.74) is 3.70. The lowest BCUT2D eigenvalue weighted by Gasteiger charge is -2.10. The van der Waals surface area contributed by atoms with Crippen LogP contribution in [0.25, 0.3) is 0 Å². The maximum absolute atomic E-state index is 5.67. The highest BCUT2D eigenvalue weighted by molar-refractivity contribution is 5.24. The van der Waals surface area contributed by atoms with Gasteiger partial charge in [0.15, 0.2) is 0 Å². The van der Waals surface area contributed by atoms with Gasteiger partial charge in [-0.2, -0.15) is 5.10 Å². The summed E-state index contributed by atoms with van der Waals surface area (Å²) in [6, 6.07) is 0.497. The van der Waals surface area contributed by atoms with Crippen molar-refractivity contribution >= 4 is 0 Å². The number of nitrogens with zero attached hydrogens (tertiary/aromatic N) is 2. The first kappa shape index (κ1) is 17.2.